The van der Waals surface area contributed by atoms with Gasteiger partial charge in [-0.1, -0.05) is 6.07 Å². The Balaban J connectivity index is 2.18. The molecular weight excluding hydrogens is 188 g/mol. The second-order valence-electron chi connectivity index (χ2n) is 3.84. The Kier molecular flexibility index (Phi) is 2.89. The summed E-state index contributed by atoms with van der Waals surface area (Å²) in [7, 11) is 0. The third-order valence-corrected chi connectivity index (χ3v) is 2.57. The van der Waals surface area contributed by atoms with E-state index in [2.05, 4.69) is 11.4 Å². The van der Waals surface area contributed by atoms with Crippen molar-refractivity contribution in [3.63, 3.8) is 0 Å². The molecule has 3 nitrogen and oxygen atoms in total. The zero-order valence-electron chi connectivity index (χ0n) is 8.79. The quantitative estimate of drug-likeness (QED) is 0.792. The van der Waals surface area contributed by atoms with Crippen molar-refractivity contribution in [3.8, 4) is 11.8 Å². The van der Waals surface area contributed by atoms with Crippen LogP contribution in [0.5, 0.6) is 5.75 Å². The summed E-state index contributed by atoms with van der Waals surface area (Å²) in [6.45, 7) is 3.87. The normalized spacial score (nSPS) is 19.9. The van der Waals surface area contributed by atoms with Crippen molar-refractivity contribution in [1.82, 2.24) is 5.32 Å². The lowest BCUT2D eigenvalue weighted by Crippen LogP contribution is -2.20. The van der Waals surface area contributed by atoms with Gasteiger partial charge >= 0.3 is 0 Å². The van der Waals surface area contributed by atoms with Crippen LogP contribution in [0.1, 0.15) is 17.5 Å². The predicted molar refractivity (Wildman–Crippen MR) is 57.8 cm³/mol. The molecule has 1 atom stereocenters. The van der Waals surface area contributed by atoms with E-state index in [0.717, 1.165) is 25.1 Å². The van der Waals surface area contributed by atoms with E-state index in [4.69, 9.17) is 10.00 Å². The van der Waals surface area contributed by atoms with Gasteiger partial charge in [-0.2, -0.15) is 5.26 Å². The van der Waals surface area contributed by atoms with Gasteiger partial charge in [-0.3, -0.25) is 0 Å². The third-order valence-electron chi connectivity index (χ3n) is 2.57. The fraction of sp³-hybridized carbons (Fsp3) is 0.417. The molecule has 1 aromatic rings. The molecular formula is C12H14N2O. The third kappa shape index (κ3) is 2.28. The molecule has 78 valence electrons. The molecule has 0 radical (unpaired) electrons. The number of nitrogens with one attached hydrogen (secondary N) is 1. The number of hydrogen-bond donors (Lipinski definition) is 1. The number of hydrogen-bond acceptors (Lipinski definition) is 3. The van der Waals surface area contributed by atoms with Gasteiger partial charge < -0.3 is 10.1 Å². The van der Waals surface area contributed by atoms with Gasteiger partial charge in [0.25, 0.3) is 0 Å². The van der Waals surface area contributed by atoms with Crippen LogP contribution in [0.4, 0.5) is 0 Å². The molecule has 0 amide bonds. The fourth-order valence-electron chi connectivity index (χ4n) is 1.73. The molecule has 1 N–H and O–H groups in total. The van der Waals surface area contributed by atoms with Crippen LogP contribution in [0, 0.1) is 18.3 Å². The van der Waals surface area contributed by atoms with Gasteiger partial charge in [-0.15, -0.1) is 0 Å². The highest BCUT2D eigenvalue weighted by Gasteiger charge is 2.17. The highest BCUT2D eigenvalue weighted by atomic mass is 16.5. The second-order valence-corrected chi connectivity index (χ2v) is 3.84. The molecule has 1 aliphatic heterocycles. The minimum absolute atomic E-state index is 0.207. The molecule has 2 rings (SSSR count). The van der Waals surface area contributed by atoms with Crippen molar-refractivity contribution in [2.24, 2.45) is 0 Å². The fourth-order valence-corrected chi connectivity index (χ4v) is 1.73. The predicted octanol–water partition coefficient (Wildman–Crippen LogP) is 1.61. The summed E-state index contributed by atoms with van der Waals surface area (Å²) >= 11 is 0. The minimum Gasteiger partial charge on any atom is -0.488 e. The van der Waals surface area contributed by atoms with Crippen LogP contribution in [0.2, 0.25) is 0 Å². The van der Waals surface area contributed by atoms with Crippen molar-refractivity contribution in [3.05, 3.63) is 29.3 Å². The Morgan fingerprint density at radius 2 is 2.40 bits per heavy atom. The first-order valence-corrected chi connectivity index (χ1v) is 5.18. The Morgan fingerprint density at radius 1 is 1.53 bits per heavy atom. The van der Waals surface area contributed by atoms with Crippen molar-refractivity contribution >= 4 is 0 Å². The van der Waals surface area contributed by atoms with Crippen molar-refractivity contribution in [1.29, 1.82) is 5.26 Å². The lowest BCUT2D eigenvalue weighted by Gasteiger charge is -2.13. The van der Waals surface area contributed by atoms with E-state index in [1.54, 1.807) is 0 Å². The molecule has 0 spiro atoms. The van der Waals surface area contributed by atoms with Gasteiger partial charge in [0.1, 0.15) is 17.9 Å². The SMILES string of the molecule is Cc1ccc(C#N)c(OC2CCNC2)c1. The average Bonchev–Trinajstić information content (AvgIpc) is 2.71. The van der Waals surface area contributed by atoms with E-state index in [1.165, 1.54) is 0 Å². The monoisotopic (exact) mass is 202 g/mol. The van der Waals surface area contributed by atoms with Crippen LogP contribution < -0.4 is 10.1 Å². The molecule has 3 heteroatoms. The van der Waals surface area contributed by atoms with E-state index < -0.39 is 0 Å². The standard InChI is InChI=1S/C12H14N2O/c1-9-2-3-10(7-13)12(6-9)15-11-4-5-14-8-11/h2-3,6,11,14H,4-5,8H2,1H3. The van der Waals surface area contributed by atoms with Crippen molar-refractivity contribution in [2.45, 2.75) is 19.4 Å². The number of nitriles is 1. The number of aryl methyl sites for hydroxylation is 1. The van der Waals surface area contributed by atoms with Crippen molar-refractivity contribution in [2.75, 3.05) is 13.1 Å². The summed E-state index contributed by atoms with van der Waals surface area (Å²) in [4.78, 5) is 0. The maximum absolute atomic E-state index is 8.94. The molecule has 0 bridgehead atoms. The van der Waals surface area contributed by atoms with E-state index >= 15 is 0 Å². The van der Waals surface area contributed by atoms with E-state index in [-0.39, 0.29) is 6.10 Å². The molecule has 0 aliphatic carbocycles. The summed E-state index contributed by atoms with van der Waals surface area (Å²) in [5.41, 5.74) is 1.74. The molecule has 1 aliphatic rings. The second kappa shape index (κ2) is 4.33. The first-order valence-electron chi connectivity index (χ1n) is 5.18. The van der Waals surface area contributed by atoms with Gasteiger partial charge in [0.05, 0.1) is 5.56 Å². The molecule has 1 aromatic carbocycles. The maximum Gasteiger partial charge on any atom is 0.137 e. The first-order chi connectivity index (χ1) is 7.29. The van der Waals surface area contributed by atoms with Crippen LogP contribution in [0.3, 0.4) is 0 Å². The Morgan fingerprint density at radius 3 is 3.07 bits per heavy atom. The molecule has 15 heavy (non-hydrogen) atoms. The highest BCUT2D eigenvalue weighted by molar-refractivity contribution is 5.45. The number of ether oxygens (including phenoxy) is 1. The van der Waals surface area contributed by atoms with Crippen LogP contribution in [0.25, 0.3) is 0 Å². The van der Waals surface area contributed by atoms with Gasteiger partial charge in [0.15, 0.2) is 0 Å². The zero-order chi connectivity index (χ0) is 10.7. The average molecular weight is 202 g/mol. The summed E-state index contributed by atoms with van der Waals surface area (Å²) in [6, 6.07) is 7.82. The Labute approximate surface area is 89.7 Å². The molecule has 0 aromatic heterocycles. The zero-order valence-corrected chi connectivity index (χ0v) is 8.79. The van der Waals surface area contributed by atoms with Crippen LogP contribution in [0.15, 0.2) is 18.2 Å². The lowest BCUT2D eigenvalue weighted by atomic mass is 10.1. The van der Waals surface area contributed by atoms with Gasteiger partial charge in [0.2, 0.25) is 0 Å². The Bertz CT molecular complexity index is 389. The maximum atomic E-state index is 8.94. The number of nitrogens with zero attached hydrogens (tertiary/aromatic N) is 1. The van der Waals surface area contributed by atoms with Gasteiger partial charge in [0, 0.05) is 6.54 Å². The van der Waals surface area contributed by atoms with E-state index in [1.807, 2.05) is 25.1 Å². The van der Waals surface area contributed by atoms with Gasteiger partial charge in [-0.25, -0.2) is 0 Å². The molecule has 1 unspecified atom stereocenters. The Hall–Kier alpha value is -1.53. The molecule has 1 fully saturated rings. The molecule has 1 heterocycles. The van der Waals surface area contributed by atoms with Crippen LogP contribution >= 0.6 is 0 Å². The summed E-state index contributed by atoms with van der Waals surface area (Å²) < 4.78 is 5.79. The number of benzene rings is 1. The van der Waals surface area contributed by atoms with Gasteiger partial charge in [-0.05, 0) is 37.6 Å². The first kappa shape index (κ1) is 10.0. The largest absolute Gasteiger partial charge is 0.488 e. The summed E-state index contributed by atoms with van der Waals surface area (Å²) in [5.74, 6) is 0.714. The van der Waals surface area contributed by atoms with E-state index in [0.29, 0.717) is 11.3 Å². The lowest BCUT2D eigenvalue weighted by molar-refractivity contribution is 0.222. The topological polar surface area (TPSA) is 45.0 Å². The summed E-state index contributed by atoms with van der Waals surface area (Å²) in [6.07, 6.45) is 1.22. The highest BCUT2D eigenvalue weighted by Crippen LogP contribution is 2.21. The smallest absolute Gasteiger partial charge is 0.137 e. The van der Waals surface area contributed by atoms with Crippen LogP contribution in [-0.4, -0.2) is 19.2 Å². The number of rotatable bonds is 2. The van der Waals surface area contributed by atoms with Crippen LogP contribution in [-0.2, 0) is 0 Å². The molecule has 0 saturated carbocycles. The van der Waals surface area contributed by atoms with E-state index in [9.17, 15) is 0 Å². The van der Waals surface area contributed by atoms with Crippen molar-refractivity contribution < 1.29 is 4.74 Å². The summed E-state index contributed by atoms with van der Waals surface area (Å²) in [5, 5.41) is 12.2. The minimum atomic E-state index is 0.207. The molecule has 1 saturated heterocycles.